The zero-order valence-corrected chi connectivity index (χ0v) is 8.29. The first-order valence-electron chi connectivity index (χ1n) is 4.66. The van der Waals surface area contributed by atoms with E-state index >= 15 is 0 Å². The normalized spacial score (nSPS) is 24.4. The Hall–Kier alpha value is -0.640. The third kappa shape index (κ3) is 3.30. The molecule has 0 spiro atoms. The molecule has 3 nitrogen and oxygen atoms in total. The molecule has 0 unspecified atom stereocenters. The lowest BCUT2D eigenvalue weighted by molar-refractivity contribution is -0.130. The van der Waals surface area contributed by atoms with Crippen molar-refractivity contribution in [3.05, 3.63) is 0 Å². The van der Waals surface area contributed by atoms with Crippen LogP contribution in [0.1, 0.15) is 12.8 Å². The van der Waals surface area contributed by atoms with Gasteiger partial charge in [0.05, 0.1) is 6.54 Å². The van der Waals surface area contributed by atoms with Crippen LogP contribution in [0.2, 0.25) is 0 Å². The van der Waals surface area contributed by atoms with Crippen LogP contribution in [0.5, 0.6) is 0 Å². The van der Waals surface area contributed by atoms with Crippen molar-refractivity contribution in [2.24, 2.45) is 0 Å². The number of carbonyl (C=O) groups is 1. The van der Waals surface area contributed by atoms with Crippen LogP contribution in [0.3, 0.4) is 0 Å². The van der Waals surface area contributed by atoms with Crippen molar-refractivity contribution in [2.75, 3.05) is 33.7 Å². The van der Waals surface area contributed by atoms with E-state index in [2.05, 4.69) is 0 Å². The summed E-state index contributed by atoms with van der Waals surface area (Å²) in [5.74, 6) is 0.0501. The van der Waals surface area contributed by atoms with Crippen molar-refractivity contribution in [1.29, 1.82) is 0 Å². The highest BCUT2D eigenvalue weighted by Crippen LogP contribution is 2.12. The van der Waals surface area contributed by atoms with Gasteiger partial charge in [0.1, 0.15) is 6.17 Å². The second kappa shape index (κ2) is 4.56. The van der Waals surface area contributed by atoms with E-state index in [1.54, 1.807) is 19.0 Å². The van der Waals surface area contributed by atoms with Crippen LogP contribution in [0, 0.1) is 0 Å². The number of likely N-dealkylation sites (tertiary alicyclic amines) is 1. The fraction of sp³-hybridized carbons (Fsp3) is 0.889. The number of rotatable bonds is 2. The van der Waals surface area contributed by atoms with Crippen molar-refractivity contribution in [2.45, 2.75) is 19.0 Å². The second-order valence-corrected chi connectivity index (χ2v) is 3.76. The van der Waals surface area contributed by atoms with Crippen molar-refractivity contribution < 1.29 is 9.18 Å². The summed E-state index contributed by atoms with van der Waals surface area (Å²) in [5, 5.41) is 0. The zero-order valence-electron chi connectivity index (χ0n) is 8.29. The maximum absolute atomic E-state index is 12.9. The van der Waals surface area contributed by atoms with Gasteiger partial charge in [-0.1, -0.05) is 0 Å². The lowest BCUT2D eigenvalue weighted by Gasteiger charge is -2.28. The van der Waals surface area contributed by atoms with Gasteiger partial charge in [0, 0.05) is 20.6 Å². The molecule has 1 aliphatic rings. The van der Waals surface area contributed by atoms with Crippen LogP contribution in [-0.2, 0) is 4.79 Å². The van der Waals surface area contributed by atoms with Gasteiger partial charge in [0.25, 0.3) is 0 Å². The summed E-state index contributed by atoms with van der Waals surface area (Å²) in [6.45, 7) is 1.62. The van der Waals surface area contributed by atoms with Crippen LogP contribution in [0.4, 0.5) is 4.39 Å². The van der Waals surface area contributed by atoms with E-state index in [1.807, 2.05) is 4.90 Å². The minimum Gasteiger partial charge on any atom is -0.348 e. The lowest BCUT2D eigenvalue weighted by Crippen LogP contribution is -2.42. The Morgan fingerprint density at radius 3 is 2.85 bits per heavy atom. The average molecular weight is 188 g/mol. The number of alkyl halides is 1. The maximum Gasteiger partial charge on any atom is 0.236 e. The first-order valence-corrected chi connectivity index (χ1v) is 4.66. The monoisotopic (exact) mass is 188 g/mol. The molecule has 0 aromatic heterocycles. The molecule has 0 N–H and O–H groups in total. The first kappa shape index (κ1) is 10.4. The molecule has 0 saturated carbocycles. The number of amides is 1. The Morgan fingerprint density at radius 1 is 1.62 bits per heavy atom. The lowest BCUT2D eigenvalue weighted by atomic mass is 10.1. The summed E-state index contributed by atoms with van der Waals surface area (Å²) in [7, 11) is 3.44. The number of halogens is 1. The van der Waals surface area contributed by atoms with E-state index < -0.39 is 6.17 Å². The summed E-state index contributed by atoms with van der Waals surface area (Å²) in [6.07, 6.45) is 0.762. The zero-order chi connectivity index (χ0) is 9.84. The number of nitrogens with zero attached hydrogens (tertiary/aromatic N) is 2. The predicted octanol–water partition coefficient (Wildman–Crippen LogP) is 0.508. The minimum absolute atomic E-state index is 0.0501. The van der Waals surface area contributed by atoms with Crippen molar-refractivity contribution >= 4 is 5.91 Å². The molecule has 0 aromatic carbocycles. The molecule has 13 heavy (non-hydrogen) atoms. The molecular weight excluding hydrogens is 171 g/mol. The standard InChI is InChI=1S/C9H17FN2O/c1-11(2)9(13)7-12-5-3-4-8(10)6-12/h8H,3-7H2,1-2H3/t8-/m1/s1. The average Bonchev–Trinajstić information content (AvgIpc) is 2.04. The number of likely N-dealkylation sites (N-methyl/N-ethyl adjacent to an activating group) is 1. The highest BCUT2D eigenvalue weighted by Gasteiger charge is 2.21. The van der Waals surface area contributed by atoms with Gasteiger partial charge in [-0.05, 0) is 19.4 Å². The van der Waals surface area contributed by atoms with Gasteiger partial charge in [0.15, 0.2) is 0 Å². The Bertz CT molecular complexity index is 184. The Kier molecular flexibility index (Phi) is 3.66. The summed E-state index contributed by atoms with van der Waals surface area (Å²) in [4.78, 5) is 14.7. The molecule has 0 aromatic rings. The predicted molar refractivity (Wildman–Crippen MR) is 49.3 cm³/mol. The van der Waals surface area contributed by atoms with Crippen LogP contribution in [0.15, 0.2) is 0 Å². The van der Waals surface area contributed by atoms with E-state index in [-0.39, 0.29) is 5.91 Å². The van der Waals surface area contributed by atoms with Crippen molar-refractivity contribution in [1.82, 2.24) is 9.80 Å². The summed E-state index contributed by atoms with van der Waals surface area (Å²) < 4.78 is 12.9. The topological polar surface area (TPSA) is 23.6 Å². The van der Waals surface area contributed by atoms with Crippen molar-refractivity contribution in [3.63, 3.8) is 0 Å². The van der Waals surface area contributed by atoms with Crippen LogP contribution in [-0.4, -0.2) is 55.6 Å². The van der Waals surface area contributed by atoms with E-state index in [0.717, 1.165) is 13.0 Å². The Morgan fingerprint density at radius 2 is 2.31 bits per heavy atom. The van der Waals surface area contributed by atoms with Crippen molar-refractivity contribution in [3.8, 4) is 0 Å². The molecule has 1 atom stereocenters. The van der Waals surface area contributed by atoms with E-state index in [1.165, 1.54) is 0 Å². The van der Waals surface area contributed by atoms with E-state index in [9.17, 15) is 9.18 Å². The van der Waals surface area contributed by atoms with E-state index in [4.69, 9.17) is 0 Å². The largest absolute Gasteiger partial charge is 0.348 e. The Balaban J connectivity index is 2.31. The van der Waals surface area contributed by atoms with Crippen LogP contribution in [0.25, 0.3) is 0 Å². The summed E-state index contributed by atoms with van der Waals surface area (Å²) >= 11 is 0. The molecule has 1 fully saturated rings. The number of piperidine rings is 1. The van der Waals surface area contributed by atoms with Crippen LogP contribution >= 0.6 is 0 Å². The fourth-order valence-corrected chi connectivity index (χ4v) is 1.48. The molecule has 1 aliphatic heterocycles. The fourth-order valence-electron chi connectivity index (χ4n) is 1.48. The van der Waals surface area contributed by atoms with Gasteiger partial charge < -0.3 is 4.90 Å². The van der Waals surface area contributed by atoms with Gasteiger partial charge in [-0.25, -0.2) is 4.39 Å². The molecule has 1 heterocycles. The molecule has 76 valence electrons. The summed E-state index contributed by atoms with van der Waals surface area (Å²) in [6, 6.07) is 0. The number of carbonyl (C=O) groups excluding carboxylic acids is 1. The Labute approximate surface area is 78.5 Å². The molecule has 0 radical (unpaired) electrons. The molecule has 0 aliphatic carbocycles. The SMILES string of the molecule is CN(C)C(=O)CN1CCC[C@@H](F)C1. The van der Waals surface area contributed by atoms with E-state index in [0.29, 0.717) is 19.5 Å². The second-order valence-electron chi connectivity index (χ2n) is 3.76. The summed E-state index contributed by atoms with van der Waals surface area (Å²) in [5.41, 5.74) is 0. The molecule has 1 rings (SSSR count). The molecule has 4 heteroatoms. The van der Waals surface area contributed by atoms with Gasteiger partial charge in [-0.3, -0.25) is 9.69 Å². The minimum atomic E-state index is -0.747. The van der Waals surface area contributed by atoms with Gasteiger partial charge in [-0.2, -0.15) is 0 Å². The quantitative estimate of drug-likeness (QED) is 0.630. The highest BCUT2D eigenvalue weighted by atomic mass is 19.1. The molecule has 1 amide bonds. The maximum atomic E-state index is 12.9. The third-order valence-corrected chi connectivity index (χ3v) is 2.31. The van der Waals surface area contributed by atoms with Gasteiger partial charge >= 0.3 is 0 Å². The number of hydrogen-bond acceptors (Lipinski definition) is 2. The first-order chi connectivity index (χ1) is 6.09. The molecule has 0 bridgehead atoms. The molecular formula is C9H17FN2O. The number of hydrogen-bond donors (Lipinski definition) is 0. The smallest absolute Gasteiger partial charge is 0.236 e. The van der Waals surface area contributed by atoms with Gasteiger partial charge in [0.2, 0.25) is 5.91 Å². The third-order valence-electron chi connectivity index (χ3n) is 2.31. The van der Waals surface area contributed by atoms with Gasteiger partial charge in [-0.15, -0.1) is 0 Å². The highest BCUT2D eigenvalue weighted by molar-refractivity contribution is 5.77. The molecule has 1 saturated heterocycles. The van der Waals surface area contributed by atoms with Crippen LogP contribution < -0.4 is 0 Å².